The number of hydrogen-bond donors (Lipinski definition) is 1. The van der Waals surface area contributed by atoms with Gasteiger partial charge in [-0.1, -0.05) is 29.3 Å². The summed E-state index contributed by atoms with van der Waals surface area (Å²) in [5, 5.41) is 0. The molecular weight excluding hydrogens is 319 g/mol. The van der Waals surface area contributed by atoms with E-state index in [-0.39, 0.29) is 11.9 Å². The minimum Gasteiger partial charge on any atom is -0.330 e. The molecule has 2 atom stereocenters. The molecule has 0 amide bonds. The minimum atomic E-state index is -0.111. The van der Waals surface area contributed by atoms with Crippen LogP contribution in [-0.4, -0.2) is 24.5 Å². The van der Waals surface area contributed by atoms with Crippen molar-refractivity contribution in [3.05, 3.63) is 34.1 Å². The molecular formula is C16H24BrFN2. The predicted octanol–water partition coefficient (Wildman–Crippen LogP) is 4.10. The van der Waals surface area contributed by atoms with Crippen LogP contribution in [0.1, 0.15) is 44.2 Å². The summed E-state index contributed by atoms with van der Waals surface area (Å²) < 4.78 is 15.3. The van der Waals surface area contributed by atoms with Gasteiger partial charge in [0.2, 0.25) is 0 Å². The van der Waals surface area contributed by atoms with Crippen molar-refractivity contribution in [1.29, 1.82) is 0 Å². The zero-order chi connectivity index (χ0) is 14.5. The van der Waals surface area contributed by atoms with Gasteiger partial charge in [-0.2, -0.15) is 0 Å². The highest BCUT2D eigenvalue weighted by Crippen LogP contribution is 2.37. The lowest BCUT2D eigenvalue weighted by atomic mass is 9.89. The van der Waals surface area contributed by atoms with E-state index in [2.05, 4.69) is 27.8 Å². The van der Waals surface area contributed by atoms with E-state index < -0.39 is 0 Å². The molecule has 1 fully saturated rings. The van der Waals surface area contributed by atoms with Crippen LogP contribution in [0.5, 0.6) is 0 Å². The number of benzene rings is 1. The molecule has 0 radical (unpaired) electrons. The molecule has 1 aliphatic rings. The Bertz CT molecular complexity index is 438. The maximum Gasteiger partial charge on any atom is 0.128 e. The molecule has 2 N–H and O–H groups in total. The molecule has 1 heterocycles. The molecule has 2 nitrogen and oxygen atoms in total. The molecule has 0 spiro atoms. The lowest BCUT2D eigenvalue weighted by Crippen LogP contribution is -2.36. The Morgan fingerprint density at radius 3 is 2.90 bits per heavy atom. The Morgan fingerprint density at radius 1 is 1.40 bits per heavy atom. The summed E-state index contributed by atoms with van der Waals surface area (Å²) in [5.74, 6) is 0.229. The fourth-order valence-corrected chi connectivity index (χ4v) is 3.67. The molecule has 2 unspecified atom stereocenters. The topological polar surface area (TPSA) is 29.3 Å². The largest absolute Gasteiger partial charge is 0.330 e. The van der Waals surface area contributed by atoms with Gasteiger partial charge in [-0.05, 0) is 63.0 Å². The average Bonchev–Trinajstić information content (AvgIpc) is 2.64. The van der Waals surface area contributed by atoms with Crippen LogP contribution in [-0.2, 0) is 0 Å². The van der Waals surface area contributed by atoms with Crippen LogP contribution in [0.4, 0.5) is 4.39 Å². The van der Waals surface area contributed by atoms with Crippen LogP contribution in [0.15, 0.2) is 22.7 Å². The first kappa shape index (κ1) is 15.9. The van der Waals surface area contributed by atoms with E-state index in [0.29, 0.717) is 12.5 Å². The van der Waals surface area contributed by atoms with Gasteiger partial charge < -0.3 is 5.73 Å². The van der Waals surface area contributed by atoms with Crippen molar-refractivity contribution >= 4 is 15.9 Å². The Kier molecular flexibility index (Phi) is 6.00. The second kappa shape index (κ2) is 7.53. The summed E-state index contributed by atoms with van der Waals surface area (Å²) in [4.78, 5) is 2.43. The standard InChI is InChI=1S/C16H24BrFN2/c1-2-8-20-9-4-3-5-12(11-19)16(20)14-10-13(17)6-7-15(14)18/h6-7,10,12,16H,2-5,8-9,11,19H2,1H3. The number of nitrogens with zero attached hydrogens (tertiary/aromatic N) is 1. The highest BCUT2D eigenvalue weighted by Gasteiger charge is 2.31. The maximum absolute atomic E-state index is 14.3. The normalized spacial score (nSPS) is 24.6. The summed E-state index contributed by atoms with van der Waals surface area (Å²) in [6.07, 6.45) is 4.55. The van der Waals surface area contributed by atoms with Gasteiger partial charge in [0.05, 0.1) is 0 Å². The summed E-state index contributed by atoms with van der Waals surface area (Å²) >= 11 is 3.47. The monoisotopic (exact) mass is 342 g/mol. The van der Waals surface area contributed by atoms with Crippen molar-refractivity contribution in [1.82, 2.24) is 4.90 Å². The van der Waals surface area contributed by atoms with Crippen molar-refractivity contribution in [2.45, 2.75) is 38.6 Å². The highest BCUT2D eigenvalue weighted by atomic mass is 79.9. The van der Waals surface area contributed by atoms with E-state index in [1.807, 2.05) is 6.07 Å². The summed E-state index contributed by atoms with van der Waals surface area (Å²) in [5.41, 5.74) is 6.78. The van der Waals surface area contributed by atoms with Gasteiger partial charge in [-0.15, -0.1) is 0 Å². The van der Waals surface area contributed by atoms with Crippen LogP contribution in [0, 0.1) is 11.7 Å². The fourth-order valence-electron chi connectivity index (χ4n) is 3.29. The summed E-state index contributed by atoms with van der Waals surface area (Å²) in [7, 11) is 0. The number of likely N-dealkylation sites (tertiary alicyclic amines) is 1. The van der Waals surface area contributed by atoms with E-state index in [1.165, 1.54) is 12.8 Å². The summed E-state index contributed by atoms with van der Waals surface area (Å²) in [6, 6.07) is 5.36. The van der Waals surface area contributed by atoms with E-state index in [1.54, 1.807) is 12.1 Å². The molecule has 1 aromatic carbocycles. The third-order valence-electron chi connectivity index (χ3n) is 4.20. The van der Waals surface area contributed by atoms with E-state index in [0.717, 1.165) is 36.0 Å². The Balaban J connectivity index is 2.40. The first-order chi connectivity index (χ1) is 9.67. The van der Waals surface area contributed by atoms with Crippen LogP contribution in [0.3, 0.4) is 0 Å². The van der Waals surface area contributed by atoms with Crippen LogP contribution in [0.25, 0.3) is 0 Å². The fraction of sp³-hybridized carbons (Fsp3) is 0.625. The molecule has 4 heteroatoms. The van der Waals surface area contributed by atoms with Crippen LogP contribution < -0.4 is 5.73 Å². The number of hydrogen-bond acceptors (Lipinski definition) is 2. The third-order valence-corrected chi connectivity index (χ3v) is 4.69. The average molecular weight is 343 g/mol. The van der Waals surface area contributed by atoms with E-state index >= 15 is 0 Å². The first-order valence-corrected chi connectivity index (χ1v) is 8.35. The van der Waals surface area contributed by atoms with E-state index in [9.17, 15) is 4.39 Å². The Labute approximate surface area is 129 Å². The molecule has 0 aliphatic carbocycles. The predicted molar refractivity (Wildman–Crippen MR) is 85.1 cm³/mol. The smallest absolute Gasteiger partial charge is 0.128 e. The Hall–Kier alpha value is -0.450. The van der Waals surface area contributed by atoms with E-state index in [4.69, 9.17) is 5.73 Å². The zero-order valence-corrected chi connectivity index (χ0v) is 13.7. The van der Waals surface area contributed by atoms with Gasteiger partial charge in [0.15, 0.2) is 0 Å². The molecule has 2 rings (SSSR count). The zero-order valence-electron chi connectivity index (χ0n) is 12.1. The molecule has 1 saturated heterocycles. The van der Waals surface area contributed by atoms with Crippen LogP contribution in [0.2, 0.25) is 0 Å². The van der Waals surface area contributed by atoms with Gasteiger partial charge in [0.25, 0.3) is 0 Å². The molecule has 20 heavy (non-hydrogen) atoms. The quantitative estimate of drug-likeness (QED) is 0.892. The van der Waals surface area contributed by atoms with Gasteiger partial charge in [-0.25, -0.2) is 4.39 Å². The molecule has 112 valence electrons. The number of halogens is 2. The molecule has 1 aromatic rings. The van der Waals surface area contributed by atoms with Crippen molar-refractivity contribution in [3.8, 4) is 0 Å². The SMILES string of the molecule is CCCN1CCCCC(CN)C1c1cc(Br)ccc1F. The number of nitrogens with two attached hydrogens (primary N) is 1. The van der Waals surface area contributed by atoms with Crippen LogP contribution >= 0.6 is 15.9 Å². The summed E-state index contributed by atoms with van der Waals surface area (Å²) in [6.45, 7) is 4.85. The van der Waals surface area contributed by atoms with Gasteiger partial charge in [0, 0.05) is 16.1 Å². The van der Waals surface area contributed by atoms with Crippen molar-refractivity contribution in [2.75, 3.05) is 19.6 Å². The lowest BCUT2D eigenvalue weighted by Gasteiger charge is -2.35. The van der Waals surface area contributed by atoms with Crippen molar-refractivity contribution in [2.24, 2.45) is 11.7 Å². The minimum absolute atomic E-state index is 0.111. The maximum atomic E-state index is 14.3. The van der Waals surface area contributed by atoms with Gasteiger partial charge in [-0.3, -0.25) is 4.90 Å². The van der Waals surface area contributed by atoms with Crippen molar-refractivity contribution < 1.29 is 4.39 Å². The van der Waals surface area contributed by atoms with Gasteiger partial charge >= 0.3 is 0 Å². The Morgan fingerprint density at radius 2 is 2.20 bits per heavy atom. The first-order valence-electron chi connectivity index (χ1n) is 7.56. The highest BCUT2D eigenvalue weighted by molar-refractivity contribution is 9.10. The molecule has 0 saturated carbocycles. The van der Waals surface area contributed by atoms with Gasteiger partial charge in [0.1, 0.15) is 5.82 Å². The second-order valence-corrected chi connectivity index (χ2v) is 6.55. The molecule has 1 aliphatic heterocycles. The molecule has 0 aromatic heterocycles. The second-order valence-electron chi connectivity index (χ2n) is 5.64. The lowest BCUT2D eigenvalue weighted by molar-refractivity contribution is 0.154. The molecule has 0 bridgehead atoms. The third kappa shape index (κ3) is 3.60. The number of rotatable bonds is 4. The van der Waals surface area contributed by atoms with Crippen molar-refractivity contribution in [3.63, 3.8) is 0 Å².